The Balaban J connectivity index is 1.65. The molecular formula is C18H17F3N2O4S. The summed E-state index contributed by atoms with van der Waals surface area (Å²) < 4.78 is 66.8. The first-order valence-electron chi connectivity index (χ1n) is 8.28. The van der Waals surface area contributed by atoms with E-state index in [0.29, 0.717) is 12.0 Å². The van der Waals surface area contributed by atoms with Gasteiger partial charge in [0.05, 0.1) is 11.9 Å². The molecule has 1 aliphatic heterocycles. The molecule has 1 aliphatic rings. The van der Waals surface area contributed by atoms with E-state index < -0.39 is 22.1 Å². The summed E-state index contributed by atoms with van der Waals surface area (Å²) in [4.78, 5) is 3.91. The van der Waals surface area contributed by atoms with Gasteiger partial charge in [-0.2, -0.15) is 4.31 Å². The number of nitrogens with zero attached hydrogens (tertiary/aromatic N) is 2. The average Bonchev–Trinajstić information content (AvgIpc) is 2.62. The number of rotatable bonds is 5. The quantitative estimate of drug-likeness (QED) is 0.812. The van der Waals surface area contributed by atoms with Crippen LogP contribution in [0.4, 0.5) is 13.2 Å². The first-order chi connectivity index (χ1) is 13.1. The molecule has 1 N–H and O–H groups in total. The van der Waals surface area contributed by atoms with Crippen LogP contribution in [0.25, 0.3) is 5.57 Å². The van der Waals surface area contributed by atoms with Crippen molar-refractivity contribution in [1.29, 1.82) is 0 Å². The molecule has 0 unspecified atom stereocenters. The molecule has 2 aromatic rings. The van der Waals surface area contributed by atoms with Crippen molar-refractivity contribution in [3.63, 3.8) is 0 Å². The molecule has 150 valence electrons. The van der Waals surface area contributed by atoms with Crippen LogP contribution in [0.15, 0.2) is 48.8 Å². The number of sulfonamides is 1. The molecule has 0 atom stereocenters. The van der Waals surface area contributed by atoms with E-state index in [9.17, 15) is 26.7 Å². The number of hydrogen-bond acceptors (Lipinski definition) is 5. The number of benzene rings is 1. The van der Waals surface area contributed by atoms with E-state index in [-0.39, 0.29) is 24.6 Å². The second-order valence-corrected chi connectivity index (χ2v) is 8.19. The van der Waals surface area contributed by atoms with Crippen LogP contribution in [-0.4, -0.2) is 42.3 Å². The summed E-state index contributed by atoms with van der Waals surface area (Å²) in [6.45, 7) is 0.432. The summed E-state index contributed by atoms with van der Waals surface area (Å²) in [6, 6.07) is 6.32. The van der Waals surface area contributed by atoms with E-state index in [1.165, 1.54) is 22.6 Å². The number of hydrogen-bond donors (Lipinski definition) is 1. The van der Waals surface area contributed by atoms with Gasteiger partial charge in [0.15, 0.2) is 0 Å². The highest BCUT2D eigenvalue weighted by molar-refractivity contribution is 7.88. The van der Waals surface area contributed by atoms with Crippen molar-refractivity contribution < 1.29 is 31.4 Å². The Morgan fingerprint density at radius 2 is 1.89 bits per heavy atom. The molecule has 0 fully saturated rings. The minimum atomic E-state index is -4.80. The summed E-state index contributed by atoms with van der Waals surface area (Å²) in [5, 5.41) is 9.50. The third kappa shape index (κ3) is 5.23. The minimum absolute atomic E-state index is 0.0337. The molecule has 0 saturated heterocycles. The molecule has 1 aromatic heterocycles. The summed E-state index contributed by atoms with van der Waals surface area (Å²) >= 11 is 0. The molecule has 1 aromatic carbocycles. The largest absolute Gasteiger partial charge is 0.573 e. The zero-order valence-corrected chi connectivity index (χ0v) is 15.4. The van der Waals surface area contributed by atoms with Gasteiger partial charge in [-0.25, -0.2) is 8.42 Å². The Labute approximate surface area is 159 Å². The first kappa shape index (κ1) is 20.2. The highest BCUT2D eigenvalue weighted by Gasteiger charge is 2.31. The lowest BCUT2D eigenvalue weighted by Gasteiger charge is -2.26. The molecule has 0 aliphatic carbocycles. The fourth-order valence-corrected chi connectivity index (χ4v) is 4.33. The second kappa shape index (κ2) is 7.80. The molecule has 0 saturated carbocycles. The van der Waals surface area contributed by atoms with Gasteiger partial charge in [0, 0.05) is 19.3 Å². The van der Waals surface area contributed by atoms with E-state index in [4.69, 9.17) is 0 Å². The maximum atomic E-state index is 12.6. The predicted octanol–water partition coefficient (Wildman–Crippen LogP) is 3.30. The van der Waals surface area contributed by atoms with Crippen LogP contribution in [-0.2, 0) is 15.8 Å². The fourth-order valence-electron chi connectivity index (χ4n) is 2.86. The molecule has 0 radical (unpaired) electrons. The Hall–Kier alpha value is -2.59. The Morgan fingerprint density at radius 1 is 1.18 bits per heavy atom. The number of pyridine rings is 1. The molecule has 3 rings (SSSR count). The third-order valence-electron chi connectivity index (χ3n) is 4.17. The lowest BCUT2D eigenvalue weighted by molar-refractivity contribution is -0.274. The highest BCUT2D eigenvalue weighted by Crippen LogP contribution is 2.27. The molecule has 10 heteroatoms. The predicted molar refractivity (Wildman–Crippen MR) is 95.8 cm³/mol. The fraction of sp³-hybridized carbons (Fsp3) is 0.278. The van der Waals surface area contributed by atoms with Crippen molar-refractivity contribution in [1.82, 2.24) is 9.29 Å². The van der Waals surface area contributed by atoms with Gasteiger partial charge in [-0.1, -0.05) is 18.2 Å². The molecular weight excluding hydrogens is 397 g/mol. The summed E-state index contributed by atoms with van der Waals surface area (Å²) in [5.41, 5.74) is 1.99. The van der Waals surface area contributed by atoms with Crippen LogP contribution in [0, 0.1) is 0 Å². The van der Waals surface area contributed by atoms with Crippen molar-refractivity contribution in [2.45, 2.75) is 18.5 Å². The van der Waals surface area contributed by atoms with Gasteiger partial charge in [-0.15, -0.1) is 13.2 Å². The molecule has 6 nitrogen and oxygen atoms in total. The van der Waals surface area contributed by atoms with Crippen molar-refractivity contribution >= 4 is 15.6 Å². The van der Waals surface area contributed by atoms with Gasteiger partial charge in [0.2, 0.25) is 10.0 Å². The zero-order valence-electron chi connectivity index (χ0n) is 14.6. The van der Waals surface area contributed by atoms with E-state index in [1.807, 2.05) is 0 Å². The van der Waals surface area contributed by atoms with Crippen molar-refractivity contribution in [2.24, 2.45) is 0 Å². The second-order valence-electron chi connectivity index (χ2n) is 6.22. The van der Waals surface area contributed by atoms with E-state index in [0.717, 1.165) is 23.3 Å². The number of halogens is 3. The topological polar surface area (TPSA) is 79.7 Å². The van der Waals surface area contributed by atoms with Crippen molar-refractivity contribution in [3.05, 3.63) is 59.9 Å². The Kier molecular flexibility index (Phi) is 5.61. The zero-order chi connectivity index (χ0) is 20.4. The van der Waals surface area contributed by atoms with E-state index in [1.54, 1.807) is 18.3 Å². The van der Waals surface area contributed by atoms with Gasteiger partial charge in [0.1, 0.15) is 11.5 Å². The van der Waals surface area contributed by atoms with Gasteiger partial charge in [-0.05, 0) is 41.3 Å². The minimum Gasteiger partial charge on any atom is -0.506 e. The van der Waals surface area contributed by atoms with Gasteiger partial charge >= 0.3 is 6.36 Å². The monoisotopic (exact) mass is 414 g/mol. The summed E-state index contributed by atoms with van der Waals surface area (Å²) in [7, 11) is -3.64. The van der Waals surface area contributed by atoms with Crippen molar-refractivity contribution in [3.8, 4) is 11.5 Å². The molecule has 2 heterocycles. The third-order valence-corrected chi connectivity index (χ3v) is 5.98. The summed E-state index contributed by atoms with van der Waals surface area (Å²) in [6.07, 6.45) is 0.339. The smallest absolute Gasteiger partial charge is 0.506 e. The van der Waals surface area contributed by atoms with E-state index >= 15 is 0 Å². The van der Waals surface area contributed by atoms with Crippen molar-refractivity contribution in [2.75, 3.05) is 13.1 Å². The van der Waals surface area contributed by atoms with Crippen LogP contribution in [0.3, 0.4) is 0 Å². The van der Waals surface area contributed by atoms with Crippen LogP contribution >= 0.6 is 0 Å². The molecule has 0 spiro atoms. The lowest BCUT2D eigenvalue weighted by Crippen LogP contribution is -2.35. The number of alkyl halides is 3. The number of aromatic nitrogens is 1. The first-order valence-corrected chi connectivity index (χ1v) is 9.89. The molecule has 0 amide bonds. The SMILES string of the molecule is O=S(=O)(Cc1ccc(OC(F)(F)F)cc1)N1CC=C(c2cncc(O)c2)CC1. The Bertz CT molecular complexity index is 973. The molecule has 0 bridgehead atoms. The number of aromatic hydroxyl groups is 1. The van der Waals surface area contributed by atoms with Gasteiger partial charge < -0.3 is 9.84 Å². The standard InChI is InChI=1S/C18H17F3N2O4S/c19-18(20,21)27-17-3-1-13(2-4-17)12-28(25,26)23-7-5-14(6-8-23)15-9-16(24)11-22-10-15/h1-5,9-11,24H,6-8,12H2. The van der Waals surface area contributed by atoms with Gasteiger partial charge in [-0.3, -0.25) is 4.98 Å². The highest BCUT2D eigenvalue weighted by atomic mass is 32.2. The van der Waals surface area contributed by atoms with E-state index in [2.05, 4.69) is 9.72 Å². The Morgan fingerprint density at radius 3 is 2.46 bits per heavy atom. The maximum absolute atomic E-state index is 12.6. The van der Waals surface area contributed by atoms with Gasteiger partial charge in [0.25, 0.3) is 0 Å². The normalized spacial score (nSPS) is 15.9. The van der Waals surface area contributed by atoms with Crippen LogP contribution in [0.2, 0.25) is 0 Å². The van der Waals surface area contributed by atoms with Crippen LogP contribution in [0.5, 0.6) is 11.5 Å². The summed E-state index contributed by atoms with van der Waals surface area (Å²) in [5.74, 6) is -0.693. The lowest BCUT2D eigenvalue weighted by atomic mass is 10.0. The van der Waals surface area contributed by atoms with Crippen LogP contribution in [0.1, 0.15) is 17.5 Å². The average molecular weight is 414 g/mol. The molecule has 28 heavy (non-hydrogen) atoms. The van der Waals surface area contributed by atoms with Crippen LogP contribution < -0.4 is 4.74 Å². The number of ether oxygens (including phenoxy) is 1. The maximum Gasteiger partial charge on any atom is 0.573 e.